The van der Waals surface area contributed by atoms with Crippen LogP contribution in [0.3, 0.4) is 0 Å². The van der Waals surface area contributed by atoms with Gasteiger partial charge in [0.25, 0.3) is 0 Å². The van der Waals surface area contributed by atoms with Crippen molar-refractivity contribution in [2.24, 2.45) is 0 Å². The summed E-state index contributed by atoms with van der Waals surface area (Å²) >= 11 is 1.79. The van der Waals surface area contributed by atoms with Gasteiger partial charge in [-0.05, 0) is 36.9 Å². The van der Waals surface area contributed by atoms with E-state index in [0.29, 0.717) is 0 Å². The van der Waals surface area contributed by atoms with Gasteiger partial charge in [0.1, 0.15) is 0 Å². The number of benzene rings is 2. The first kappa shape index (κ1) is 17.1. The zero-order valence-electron chi connectivity index (χ0n) is 13.9. The van der Waals surface area contributed by atoms with Crippen molar-refractivity contribution in [1.29, 1.82) is 0 Å². The Labute approximate surface area is 148 Å². The monoisotopic (exact) mass is 340 g/mol. The molecule has 0 atom stereocenters. The summed E-state index contributed by atoms with van der Waals surface area (Å²) in [6.07, 6.45) is 2.11. The molecule has 1 aliphatic rings. The summed E-state index contributed by atoms with van der Waals surface area (Å²) < 4.78 is 0. The van der Waals surface area contributed by atoms with Gasteiger partial charge < -0.3 is 4.90 Å². The molecule has 3 rings (SSSR count). The number of para-hydroxylation sites is 1. The maximum atomic E-state index is 11.0. The number of rotatable bonds is 7. The topological polar surface area (TPSA) is 23.6 Å². The summed E-state index contributed by atoms with van der Waals surface area (Å²) in [6.45, 7) is 5.60. The van der Waals surface area contributed by atoms with E-state index >= 15 is 0 Å². The Balaban J connectivity index is 1.37. The molecule has 1 fully saturated rings. The number of hydrogen-bond acceptors (Lipinski definition) is 4. The molecular weight excluding hydrogens is 316 g/mol. The van der Waals surface area contributed by atoms with Crippen LogP contribution in [0.2, 0.25) is 0 Å². The molecule has 0 aromatic heterocycles. The zero-order chi connectivity index (χ0) is 16.6. The van der Waals surface area contributed by atoms with E-state index in [-0.39, 0.29) is 0 Å². The normalized spacial score (nSPS) is 15.4. The number of thioether (sulfide) groups is 1. The molecule has 0 radical (unpaired) electrons. The minimum absolute atomic E-state index is 0.805. The van der Waals surface area contributed by atoms with Crippen molar-refractivity contribution in [3.05, 3.63) is 60.2 Å². The van der Waals surface area contributed by atoms with Crippen molar-refractivity contribution in [1.82, 2.24) is 4.90 Å². The zero-order valence-corrected chi connectivity index (χ0v) is 14.8. The van der Waals surface area contributed by atoms with Crippen LogP contribution in [0.15, 0.2) is 59.5 Å². The van der Waals surface area contributed by atoms with Crippen LogP contribution in [0.1, 0.15) is 16.8 Å². The summed E-state index contributed by atoms with van der Waals surface area (Å²) in [5.74, 6) is 1.06. The molecule has 2 aromatic carbocycles. The highest BCUT2D eigenvalue weighted by Crippen LogP contribution is 2.22. The predicted octanol–water partition coefficient (Wildman–Crippen LogP) is 3.80. The fourth-order valence-electron chi connectivity index (χ4n) is 3.05. The highest BCUT2D eigenvalue weighted by Gasteiger charge is 2.16. The average Bonchev–Trinajstić information content (AvgIpc) is 2.67. The Hall–Kier alpha value is -1.78. The van der Waals surface area contributed by atoms with Gasteiger partial charge in [-0.15, -0.1) is 11.8 Å². The lowest BCUT2D eigenvalue weighted by Crippen LogP contribution is -2.46. The van der Waals surface area contributed by atoms with Crippen molar-refractivity contribution in [2.75, 3.05) is 43.4 Å². The molecule has 0 amide bonds. The van der Waals surface area contributed by atoms with Crippen molar-refractivity contribution >= 4 is 23.7 Å². The van der Waals surface area contributed by atoms with E-state index in [9.17, 15) is 4.79 Å². The molecular formula is C20H24N2OS. The van der Waals surface area contributed by atoms with Crippen LogP contribution in [0.25, 0.3) is 0 Å². The second kappa shape index (κ2) is 8.90. The molecule has 1 heterocycles. The number of aldehydes is 1. The molecule has 24 heavy (non-hydrogen) atoms. The summed E-state index contributed by atoms with van der Waals surface area (Å²) in [6, 6.07) is 18.5. The van der Waals surface area contributed by atoms with Crippen molar-refractivity contribution < 1.29 is 4.79 Å². The van der Waals surface area contributed by atoms with Gasteiger partial charge in [0.15, 0.2) is 6.29 Å². The lowest BCUT2D eigenvalue weighted by molar-refractivity contribution is 0.112. The highest BCUT2D eigenvalue weighted by molar-refractivity contribution is 7.99. The standard InChI is InChI=1S/C20H24N2OS/c23-17-18-7-4-5-10-20(18)24-16-6-11-21-12-14-22(15-13-21)19-8-2-1-3-9-19/h1-5,7-10,17H,6,11-16H2. The highest BCUT2D eigenvalue weighted by atomic mass is 32.2. The second-order valence-electron chi connectivity index (χ2n) is 6.02. The van der Waals surface area contributed by atoms with Crippen LogP contribution in [-0.4, -0.2) is 49.7 Å². The first-order valence-electron chi connectivity index (χ1n) is 8.56. The number of piperazine rings is 1. The van der Waals surface area contributed by atoms with Gasteiger partial charge in [-0.2, -0.15) is 0 Å². The Kier molecular flexibility index (Phi) is 6.33. The van der Waals surface area contributed by atoms with E-state index in [0.717, 1.165) is 61.6 Å². The first-order valence-corrected chi connectivity index (χ1v) is 9.55. The van der Waals surface area contributed by atoms with Crippen LogP contribution in [-0.2, 0) is 0 Å². The van der Waals surface area contributed by atoms with E-state index in [1.54, 1.807) is 11.8 Å². The average molecular weight is 340 g/mol. The van der Waals surface area contributed by atoms with E-state index in [1.165, 1.54) is 5.69 Å². The number of anilines is 1. The van der Waals surface area contributed by atoms with Crippen LogP contribution in [0.4, 0.5) is 5.69 Å². The van der Waals surface area contributed by atoms with E-state index in [2.05, 4.69) is 40.1 Å². The third kappa shape index (κ3) is 4.62. The molecule has 0 aliphatic carbocycles. The van der Waals surface area contributed by atoms with Crippen LogP contribution in [0.5, 0.6) is 0 Å². The Morgan fingerprint density at radius 2 is 1.62 bits per heavy atom. The van der Waals surface area contributed by atoms with Crippen molar-refractivity contribution in [2.45, 2.75) is 11.3 Å². The van der Waals surface area contributed by atoms with Crippen molar-refractivity contribution in [3.63, 3.8) is 0 Å². The number of nitrogens with zero attached hydrogens (tertiary/aromatic N) is 2. The lowest BCUT2D eigenvalue weighted by atomic mass is 10.2. The molecule has 4 heteroatoms. The molecule has 0 N–H and O–H groups in total. The molecule has 3 nitrogen and oxygen atoms in total. The minimum Gasteiger partial charge on any atom is -0.369 e. The quantitative estimate of drug-likeness (QED) is 0.434. The first-order chi connectivity index (χ1) is 11.9. The Bertz CT molecular complexity index is 639. The van der Waals surface area contributed by atoms with Gasteiger partial charge in [-0.3, -0.25) is 9.69 Å². The maximum Gasteiger partial charge on any atom is 0.151 e. The van der Waals surface area contributed by atoms with Crippen LogP contribution in [0, 0.1) is 0 Å². The van der Waals surface area contributed by atoms with Gasteiger partial charge in [-0.1, -0.05) is 36.4 Å². The fourth-order valence-corrected chi connectivity index (χ4v) is 4.00. The van der Waals surface area contributed by atoms with Crippen molar-refractivity contribution in [3.8, 4) is 0 Å². The largest absolute Gasteiger partial charge is 0.369 e. The smallest absolute Gasteiger partial charge is 0.151 e. The molecule has 1 aliphatic heterocycles. The maximum absolute atomic E-state index is 11.0. The lowest BCUT2D eigenvalue weighted by Gasteiger charge is -2.36. The molecule has 1 saturated heterocycles. The van der Waals surface area contributed by atoms with Gasteiger partial charge in [0.2, 0.25) is 0 Å². The predicted molar refractivity (Wildman–Crippen MR) is 102 cm³/mol. The molecule has 126 valence electrons. The number of hydrogen-bond donors (Lipinski definition) is 0. The summed E-state index contributed by atoms with van der Waals surface area (Å²) in [5.41, 5.74) is 2.14. The minimum atomic E-state index is 0.805. The van der Waals surface area contributed by atoms with Crippen LogP contribution >= 0.6 is 11.8 Å². The molecule has 0 spiro atoms. The van der Waals surface area contributed by atoms with E-state index in [1.807, 2.05) is 24.3 Å². The van der Waals surface area contributed by atoms with Crippen LogP contribution < -0.4 is 4.90 Å². The number of carbonyl (C=O) groups is 1. The molecule has 0 bridgehead atoms. The van der Waals surface area contributed by atoms with E-state index in [4.69, 9.17) is 0 Å². The van der Waals surface area contributed by atoms with E-state index < -0.39 is 0 Å². The van der Waals surface area contributed by atoms with Gasteiger partial charge in [-0.25, -0.2) is 0 Å². The Morgan fingerprint density at radius 3 is 2.38 bits per heavy atom. The van der Waals surface area contributed by atoms with Gasteiger partial charge in [0.05, 0.1) is 0 Å². The number of carbonyl (C=O) groups excluding carboxylic acids is 1. The molecule has 0 unspecified atom stereocenters. The Morgan fingerprint density at radius 1 is 0.917 bits per heavy atom. The van der Waals surface area contributed by atoms with Gasteiger partial charge in [0, 0.05) is 42.3 Å². The SMILES string of the molecule is O=Cc1ccccc1SCCCN1CCN(c2ccccc2)CC1. The van der Waals surface area contributed by atoms with Gasteiger partial charge >= 0.3 is 0 Å². The third-order valence-corrected chi connectivity index (χ3v) is 5.59. The summed E-state index contributed by atoms with van der Waals surface area (Å²) in [7, 11) is 0. The molecule has 0 saturated carbocycles. The second-order valence-corrected chi connectivity index (χ2v) is 7.16. The fraction of sp³-hybridized carbons (Fsp3) is 0.350. The summed E-state index contributed by atoms with van der Waals surface area (Å²) in [4.78, 5) is 17.1. The third-order valence-electron chi connectivity index (χ3n) is 4.42. The molecule has 2 aromatic rings. The summed E-state index contributed by atoms with van der Waals surface area (Å²) in [5, 5.41) is 0.